The molecule has 0 aromatic rings. The normalized spacial score (nSPS) is 0. The molecular weight excluding hydrogens is 404 g/mol. The molecule has 0 saturated carbocycles. The van der Waals surface area contributed by atoms with Crippen LogP contribution in [-0.4, -0.2) is 48.9 Å². The van der Waals surface area contributed by atoms with E-state index >= 15 is 0 Å². The Balaban J connectivity index is 0. The molecule has 50 valence electrons. The standard InChI is InChI=1S/5S.2Sb/q5*-2;;. The van der Waals surface area contributed by atoms with Crippen molar-refractivity contribution < 1.29 is 0 Å². The SMILES string of the molecule is [S-2].[S-2].[S-2].[S-2].[S-2].[Sb].[Sb]. The summed E-state index contributed by atoms with van der Waals surface area (Å²) in [4.78, 5) is 0. The van der Waals surface area contributed by atoms with Crippen LogP contribution in [0.3, 0.4) is 0 Å². The first-order chi connectivity index (χ1) is 0. The number of hydrogen-bond donors (Lipinski definition) is 0. The third-order valence-corrected chi connectivity index (χ3v) is 0. The molecule has 0 bridgehead atoms. The van der Waals surface area contributed by atoms with Gasteiger partial charge in [0.1, 0.15) is 0 Å². The molecule has 0 atom stereocenters. The van der Waals surface area contributed by atoms with Crippen molar-refractivity contribution in [3.63, 3.8) is 0 Å². The van der Waals surface area contributed by atoms with Gasteiger partial charge in [0.2, 0.25) is 0 Å². The molecule has 0 saturated heterocycles. The summed E-state index contributed by atoms with van der Waals surface area (Å²) in [6.07, 6.45) is 0. The van der Waals surface area contributed by atoms with Crippen molar-refractivity contribution in [2.75, 3.05) is 0 Å². The van der Waals surface area contributed by atoms with Crippen molar-refractivity contribution in [1.29, 1.82) is 0 Å². The Bertz CT molecular complexity index is 6.04. The summed E-state index contributed by atoms with van der Waals surface area (Å²) in [6.45, 7) is 0. The first-order valence-corrected chi connectivity index (χ1v) is 0. The van der Waals surface area contributed by atoms with Crippen molar-refractivity contribution in [3.05, 3.63) is 0 Å². The van der Waals surface area contributed by atoms with E-state index in [-0.39, 0.29) is 116 Å². The maximum absolute atomic E-state index is 0. The quantitative estimate of drug-likeness (QED) is 0.466. The van der Waals surface area contributed by atoms with Crippen LogP contribution >= 0.6 is 0 Å². The predicted octanol–water partition coefficient (Wildman–Crippen LogP) is -0.774. The molecule has 0 aliphatic heterocycles. The zero-order chi connectivity index (χ0) is 0. The molecule has 0 aromatic carbocycles. The second-order valence-electron chi connectivity index (χ2n) is 0. The van der Waals surface area contributed by atoms with E-state index in [1.54, 1.807) is 0 Å². The molecule has 0 nitrogen and oxygen atoms in total. The second kappa shape index (κ2) is 57.6. The Hall–Kier alpha value is 3.39. The van der Waals surface area contributed by atoms with Gasteiger partial charge in [-0.2, -0.15) is 0 Å². The molecule has 0 spiro atoms. The molecular formula is S5Sb2-10. The van der Waals surface area contributed by atoms with Gasteiger partial charge in [0, 0.05) is 48.9 Å². The second-order valence-corrected chi connectivity index (χ2v) is 0. The van der Waals surface area contributed by atoms with Crippen LogP contribution in [0.15, 0.2) is 0 Å². The van der Waals surface area contributed by atoms with E-state index in [1.165, 1.54) is 0 Å². The van der Waals surface area contributed by atoms with E-state index in [0.717, 1.165) is 0 Å². The van der Waals surface area contributed by atoms with Crippen molar-refractivity contribution >= 4 is 116 Å². The molecule has 0 fully saturated rings. The van der Waals surface area contributed by atoms with Gasteiger partial charge in [0.25, 0.3) is 0 Å². The topological polar surface area (TPSA) is 0 Å². The van der Waals surface area contributed by atoms with Crippen LogP contribution in [0, 0.1) is 0 Å². The van der Waals surface area contributed by atoms with E-state index in [2.05, 4.69) is 0 Å². The minimum Gasteiger partial charge on any atom is -2.00 e. The van der Waals surface area contributed by atoms with Gasteiger partial charge in [-0.05, 0) is 0 Å². The summed E-state index contributed by atoms with van der Waals surface area (Å²) in [5, 5.41) is 0. The Morgan fingerprint density at radius 2 is 0.286 bits per heavy atom. The molecule has 0 aromatic heterocycles. The van der Waals surface area contributed by atoms with Gasteiger partial charge in [0.05, 0.1) is 0 Å². The van der Waals surface area contributed by atoms with Gasteiger partial charge in [-0.25, -0.2) is 0 Å². The monoisotopic (exact) mass is 402 g/mol. The summed E-state index contributed by atoms with van der Waals surface area (Å²) in [6, 6.07) is 0. The van der Waals surface area contributed by atoms with E-state index in [4.69, 9.17) is 0 Å². The third-order valence-electron chi connectivity index (χ3n) is 0. The molecule has 6 radical (unpaired) electrons. The fourth-order valence-corrected chi connectivity index (χ4v) is 0. The van der Waals surface area contributed by atoms with Crippen LogP contribution < -0.4 is 0 Å². The Morgan fingerprint density at radius 3 is 0.286 bits per heavy atom. The zero-order valence-electron chi connectivity index (χ0n) is 2.94. The third kappa shape index (κ3) is 44.7. The van der Waals surface area contributed by atoms with Crippen molar-refractivity contribution in [2.45, 2.75) is 0 Å². The summed E-state index contributed by atoms with van der Waals surface area (Å²) in [5.41, 5.74) is 0. The molecule has 0 heterocycles. The number of rotatable bonds is 0. The van der Waals surface area contributed by atoms with Crippen LogP contribution in [-0.2, 0) is 67.5 Å². The average Bonchev–Trinajstić information content (AvgIpc) is 0. The van der Waals surface area contributed by atoms with Crippen LogP contribution in [0.25, 0.3) is 0 Å². The number of hydrogen-bond acceptors (Lipinski definition) is 0. The largest absolute Gasteiger partial charge is 2.00 e. The minimum absolute atomic E-state index is 0. The van der Waals surface area contributed by atoms with Crippen LogP contribution in [0.4, 0.5) is 0 Å². The molecule has 0 aliphatic rings. The van der Waals surface area contributed by atoms with Crippen LogP contribution in [0.5, 0.6) is 0 Å². The summed E-state index contributed by atoms with van der Waals surface area (Å²) in [7, 11) is 0. The first-order valence-electron chi connectivity index (χ1n) is 0. The van der Waals surface area contributed by atoms with Gasteiger partial charge >= 0.3 is 0 Å². The van der Waals surface area contributed by atoms with Crippen LogP contribution in [0.1, 0.15) is 0 Å². The van der Waals surface area contributed by atoms with E-state index < -0.39 is 0 Å². The molecule has 0 unspecified atom stereocenters. The Morgan fingerprint density at radius 1 is 0.286 bits per heavy atom. The summed E-state index contributed by atoms with van der Waals surface area (Å²) >= 11 is 0. The molecule has 0 amide bonds. The van der Waals surface area contributed by atoms with Crippen LogP contribution in [0.2, 0.25) is 0 Å². The molecule has 0 rings (SSSR count). The fourth-order valence-electron chi connectivity index (χ4n) is 0. The minimum atomic E-state index is 0. The van der Waals surface area contributed by atoms with Crippen molar-refractivity contribution in [1.82, 2.24) is 0 Å². The molecule has 0 N–H and O–H groups in total. The van der Waals surface area contributed by atoms with Gasteiger partial charge in [0.15, 0.2) is 0 Å². The Kier molecular flexibility index (Phi) is 656. The van der Waals surface area contributed by atoms with Gasteiger partial charge < -0.3 is 67.5 Å². The molecule has 7 heavy (non-hydrogen) atoms. The zero-order valence-corrected chi connectivity index (χ0v) is 12.1. The van der Waals surface area contributed by atoms with E-state index in [1.807, 2.05) is 0 Å². The molecule has 0 aliphatic carbocycles. The summed E-state index contributed by atoms with van der Waals surface area (Å²) < 4.78 is 0. The van der Waals surface area contributed by atoms with Crippen molar-refractivity contribution in [3.8, 4) is 0 Å². The average molecular weight is 404 g/mol. The maximum atomic E-state index is 0. The first kappa shape index (κ1) is 79.8. The van der Waals surface area contributed by atoms with E-state index in [9.17, 15) is 0 Å². The van der Waals surface area contributed by atoms with E-state index in [0.29, 0.717) is 0 Å². The fraction of sp³-hybridized carbons (Fsp3) is 0. The maximum Gasteiger partial charge on any atom is 0 e. The smallest absolute Gasteiger partial charge is 0 e. The predicted molar refractivity (Wildman–Crippen MR) is 48.3 cm³/mol. The van der Waals surface area contributed by atoms with Gasteiger partial charge in [-0.1, -0.05) is 0 Å². The van der Waals surface area contributed by atoms with Gasteiger partial charge in [-0.15, -0.1) is 0 Å². The summed E-state index contributed by atoms with van der Waals surface area (Å²) in [5.74, 6) is 0. The van der Waals surface area contributed by atoms with Crippen molar-refractivity contribution in [2.24, 2.45) is 0 Å². The van der Waals surface area contributed by atoms with Gasteiger partial charge in [-0.3, -0.25) is 0 Å². The molecule has 7 heteroatoms. The Labute approximate surface area is 114 Å².